The van der Waals surface area contributed by atoms with Crippen LogP contribution in [0.2, 0.25) is 0 Å². The predicted octanol–water partition coefficient (Wildman–Crippen LogP) is 1.48. The molecule has 5 nitrogen and oxygen atoms in total. The maximum Gasteiger partial charge on any atom is 0.295 e. The zero-order valence-corrected chi connectivity index (χ0v) is 12.1. The van der Waals surface area contributed by atoms with Crippen LogP contribution in [-0.2, 0) is 11.8 Å². The van der Waals surface area contributed by atoms with Crippen LogP contribution in [-0.4, -0.2) is 39.5 Å². The molecule has 1 aliphatic heterocycles. The van der Waals surface area contributed by atoms with Crippen LogP contribution in [0.3, 0.4) is 0 Å². The molecule has 1 fully saturated rings. The van der Waals surface area contributed by atoms with E-state index in [2.05, 4.69) is 12.0 Å². The van der Waals surface area contributed by atoms with Crippen molar-refractivity contribution >= 4 is 11.7 Å². The van der Waals surface area contributed by atoms with Crippen LogP contribution >= 0.6 is 0 Å². The molecule has 1 atom stereocenters. The van der Waals surface area contributed by atoms with Gasteiger partial charge in [0.15, 0.2) is 0 Å². The summed E-state index contributed by atoms with van der Waals surface area (Å²) in [7, 11) is 1.78. The number of carbonyl (C=O) groups is 2. The maximum atomic E-state index is 12.4. The molecule has 0 aromatic carbocycles. The van der Waals surface area contributed by atoms with Crippen molar-refractivity contribution in [2.45, 2.75) is 33.6 Å². The number of carbonyl (C=O) groups excluding carboxylic acids is 2. The van der Waals surface area contributed by atoms with Crippen molar-refractivity contribution in [2.75, 3.05) is 13.1 Å². The van der Waals surface area contributed by atoms with Crippen molar-refractivity contribution in [3.8, 4) is 0 Å². The largest absolute Gasteiger partial charge is 0.336 e. The summed E-state index contributed by atoms with van der Waals surface area (Å²) in [5.41, 5.74) is 1.84. The molecular weight excluding hydrogens is 242 g/mol. The minimum Gasteiger partial charge on any atom is -0.336 e. The van der Waals surface area contributed by atoms with Crippen LogP contribution in [0.5, 0.6) is 0 Å². The molecular formula is C14H21N3O2. The van der Waals surface area contributed by atoms with E-state index in [1.165, 1.54) is 0 Å². The van der Waals surface area contributed by atoms with Gasteiger partial charge in [0, 0.05) is 25.8 Å². The van der Waals surface area contributed by atoms with Crippen LogP contribution in [0.4, 0.5) is 0 Å². The van der Waals surface area contributed by atoms with E-state index in [4.69, 9.17) is 0 Å². The molecule has 0 bridgehead atoms. The van der Waals surface area contributed by atoms with Crippen LogP contribution in [0.25, 0.3) is 0 Å². The highest BCUT2D eigenvalue weighted by Crippen LogP contribution is 2.19. The van der Waals surface area contributed by atoms with Crippen LogP contribution in [0, 0.1) is 19.8 Å². The van der Waals surface area contributed by atoms with Crippen molar-refractivity contribution in [2.24, 2.45) is 13.0 Å². The standard InChI is InChI=1S/C14H21N3O2/c1-9-6-5-7-17(8-9)14(19)13(18)12-10(2)15-16(4)11(12)3/h9H,5-8H2,1-4H3/t9-/m1/s1. The van der Waals surface area contributed by atoms with Crippen LogP contribution in [0.15, 0.2) is 0 Å². The minimum atomic E-state index is -0.419. The summed E-state index contributed by atoms with van der Waals surface area (Å²) in [6.45, 7) is 7.08. The van der Waals surface area contributed by atoms with Crippen molar-refractivity contribution in [1.82, 2.24) is 14.7 Å². The van der Waals surface area contributed by atoms with Gasteiger partial charge in [0.05, 0.1) is 11.3 Å². The molecule has 5 heteroatoms. The number of aryl methyl sites for hydroxylation is 2. The fourth-order valence-corrected chi connectivity index (χ4v) is 2.73. The van der Waals surface area contributed by atoms with Gasteiger partial charge in [-0.05, 0) is 32.6 Å². The second-order valence-electron chi connectivity index (χ2n) is 5.50. The summed E-state index contributed by atoms with van der Waals surface area (Å²) in [5, 5.41) is 4.20. The first kappa shape index (κ1) is 13.8. The summed E-state index contributed by atoms with van der Waals surface area (Å²) in [6.07, 6.45) is 2.11. The fourth-order valence-electron chi connectivity index (χ4n) is 2.73. The molecule has 1 aromatic heterocycles. The average Bonchev–Trinajstić information content (AvgIpc) is 2.61. The van der Waals surface area contributed by atoms with E-state index in [-0.39, 0.29) is 5.91 Å². The number of hydrogen-bond acceptors (Lipinski definition) is 3. The predicted molar refractivity (Wildman–Crippen MR) is 72.0 cm³/mol. The van der Waals surface area contributed by atoms with E-state index >= 15 is 0 Å². The van der Waals surface area contributed by atoms with Gasteiger partial charge in [0.1, 0.15) is 0 Å². The summed E-state index contributed by atoms with van der Waals surface area (Å²) < 4.78 is 1.65. The van der Waals surface area contributed by atoms with Gasteiger partial charge in [-0.3, -0.25) is 14.3 Å². The normalized spacial score (nSPS) is 19.6. The van der Waals surface area contributed by atoms with Gasteiger partial charge in [-0.2, -0.15) is 5.10 Å². The Labute approximate surface area is 113 Å². The Morgan fingerprint density at radius 3 is 2.53 bits per heavy atom. The number of Topliss-reactive ketones (excluding diaryl/α,β-unsaturated/α-hetero) is 1. The monoisotopic (exact) mass is 263 g/mol. The van der Waals surface area contributed by atoms with Gasteiger partial charge in [-0.25, -0.2) is 0 Å². The Bertz CT molecular complexity index is 519. The van der Waals surface area contributed by atoms with E-state index in [0.717, 1.165) is 18.5 Å². The van der Waals surface area contributed by atoms with E-state index in [1.807, 2.05) is 6.92 Å². The second kappa shape index (κ2) is 5.15. The quantitative estimate of drug-likeness (QED) is 0.600. The number of hydrogen-bond donors (Lipinski definition) is 0. The Hall–Kier alpha value is -1.65. The lowest BCUT2D eigenvalue weighted by Gasteiger charge is -2.30. The molecule has 0 unspecified atom stereocenters. The zero-order valence-electron chi connectivity index (χ0n) is 12.1. The van der Waals surface area contributed by atoms with Crippen molar-refractivity contribution in [3.63, 3.8) is 0 Å². The first-order valence-electron chi connectivity index (χ1n) is 6.75. The Morgan fingerprint density at radius 2 is 2.00 bits per heavy atom. The van der Waals surface area contributed by atoms with Gasteiger partial charge >= 0.3 is 0 Å². The molecule has 2 rings (SSSR count). The topological polar surface area (TPSA) is 55.2 Å². The summed E-state index contributed by atoms with van der Waals surface area (Å²) >= 11 is 0. The molecule has 1 aliphatic rings. The lowest BCUT2D eigenvalue weighted by Crippen LogP contribution is -2.43. The molecule has 0 spiro atoms. The van der Waals surface area contributed by atoms with Crippen molar-refractivity contribution in [3.05, 3.63) is 17.0 Å². The number of amides is 1. The van der Waals surface area contributed by atoms with Gasteiger partial charge < -0.3 is 4.90 Å². The molecule has 2 heterocycles. The van der Waals surface area contributed by atoms with E-state index < -0.39 is 5.78 Å². The molecule has 1 saturated heterocycles. The van der Waals surface area contributed by atoms with Crippen LogP contribution < -0.4 is 0 Å². The van der Waals surface area contributed by atoms with Gasteiger partial charge in [-0.1, -0.05) is 6.92 Å². The average molecular weight is 263 g/mol. The summed E-state index contributed by atoms with van der Waals surface area (Å²) in [4.78, 5) is 26.3. The Morgan fingerprint density at radius 1 is 1.32 bits per heavy atom. The fraction of sp³-hybridized carbons (Fsp3) is 0.643. The Balaban J connectivity index is 2.21. The maximum absolute atomic E-state index is 12.4. The smallest absolute Gasteiger partial charge is 0.295 e. The molecule has 104 valence electrons. The second-order valence-corrected chi connectivity index (χ2v) is 5.50. The molecule has 0 radical (unpaired) electrons. The summed E-state index contributed by atoms with van der Waals surface area (Å²) in [5.74, 6) is -0.329. The van der Waals surface area contributed by atoms with E-state index in [1.54, 1.807) is 23.6 Å². The number of rotatable bonds is 2. The number of nitrogens with zero attached hydrogens (tertiary/aromatic N) is 3. The SMILES string of the molecule is Cc1nn(C)c(C)c1C(=O)C(=O)N1CCC[C@@H](C)C1. The first-order chi connectivity index (χ1) is 8.91. The zero-order chi connectivity index (χ0) is 14.2. The first-order valence-corrected chi connectivity index (χ1v) is 6.75. The number of piperidine rings is 1. The highest BCUT2D eigenvalue weighted by molar-refractivity contribution is 6.43. The van der Waals surface area contributed by atoms with Gasteiger partial charge in [-0.15, -0.1) is 0 Å². The number of ketones is 1. The third kappa shape index (κ3) is 2.55. The number of aromatic nitrogens is 2. The molecule has 1 aromatic rings. The molecule has 1 amide bonds. The van der Waals surface area contributed by atoms with Crippen LogP contribution in [0.1, 0.15) is 41.5 Å². The van der Waals surface area contributed by atoms with Crippen molar-refractivity contribution in [1.29, 1.82) is 0 Å². The lowest BCUT2D eigenvalue weighted by atomic mass is 9.99. The van der Waals surface area contributed by atoms with Crippen molar-refractivity contribution < 1.29 is 9.59 Å². The third-order valence-electron chi connectivity index (χ3n) is 3.87. The highest BCUT2D eigenvalue weighted by Gasteiger charge is 2.30. The lowest BCUT2D eigenvalue weighted by molar-refractivity contribution is -0.128. The van der Waals surface area contributed by atoms with Gasteiger partial charge in [0.2, 0.25) is 0 Å². The number of likely N-dealkylation sites (tertiary alicyclic amines) is 1. The van der Waals surface area contributed by atoms with E-state index in [0.29, 0.717) is 30.3 Å². The molecule has 0 N–H and O–H groups in total. The third-order valence-corrected chi connectivity index (χ3v) is 3.87. The van der Waals surface area contributed by atoms with Gasteiger partial charge in [0.25, 0.3) is 11.7 Å². The molecule has 0 aliphatic carbocycles. The molecule has 0 saturated carbocycles. The molecule has 19 heavy (non-hydrogen) atoms. The summed E-state index contributed by atoms with van der Waals surface area (Å²) in [6, 6.07) is 0. The Kier molecular flexibility index (Phi) is 3.73. The minimum absolute atomic E-state index is 0.384. The van der Waals surface area contributed by atoms with E-state index in [9.17, 15) is 9.59 Å². The highest BCUT2D eigenvalue weighted by atomic mass is 16.2.